The van der Waals surface area contributed by atoms with Gasteiger partial charge < -0.3 is 10.1 Å². The fourth-order valence-corrected chi connectivity index (χ4v) is 2.31. The third-order valence-corrected chi connectivity index (χ3v) is 3.48. The minimum atomic E-state index is 0. The molecule has 23 heavy (non-hydrogen) atoms. The van der Waals surface area contributed by atoms with E-state index in [1.807, 2.05) is 49.4 Å². The predicted molar refractivity (Wildman–Crippen MR) is 96.8 cm³/mol. The van der Waals surface area contributed by atoms with E-state index in [0.29, 0.717) is 18.7 Å². The number of carbonyl (C=O) groups excluding carboxylic acids is 1. The molecule has 3 nitrogen and oxygen atoms in total. The average Bonchev–Trinajstić information content (AvgIpc) is 2.54. The Labute approximate surface area is 144 Å². The summed E-state index contributed by atoms with van der Waals surface area (Å²) in [5, 5.41) is 3.29. The van der Waals surface area contributed by atoms with Crippen molar-refractivity contribution < 1.29 is 9.53 Å². The Morgan fingerprint density at radius 3 is 2.35 bits per heavy atom. The number of ketones is 1. The molecule has 0 aromatic heterocycles. The van der Waals surface area contributed by atoms with Gasteiger partial charge in [-0.2, -0.15) is 0 Å². The quantitative estimate of drug-likeness (QED) is 0.744. The number of Topliss-reactive ketones (excluding diaryl/α,β-unsaturated/α-hetero) is 1. The molecule has 2 aromatic rings. The molecule has 0 saturated heterocycles. The maximum absolute atomic E-state index is 12.2. The third-order valence-electron chi connectivity index (χ3n) is 3.48. The second-order valence-corrected chi connectivity index (χ2v) is 5.35. The summed E-state index contributed by atoms with van der Waals surface area (Å²) >= 11 is 0. The van der Waals surface area contributed by atoms with Crippen LogP contribution in [0.15, 0.2) is 54.6 Å². The molecule has 4 heteroatoms. The van der Waals surface area contributed by atoms with Crippen molar-refractivity contribution in [1.29, 1.82) is 0 Å². The molecule has 0 saturated carbocycles. The second-order valence-electron chi connectivity index (χ2n) is 5.35. The van der Waals surface area contributed by atoms with Gasteiger partial charge in [-0.25, -0.2) is 0 Å². The van der Waals surface area contributed by atoms with E-state index in [2.05, 4.69) is 24.4 Å². The number of nitrogens with one attached hydrogen (secondary N) is 1. The van der Waals surface area contributed by atoms with Crippen LogP contribution in [-0.2, 0) is 6.42 Å². The maximum atomic E-state index is 12.2. The molecule has 0 bridgehead atoms. The zero-order valence-electron chi connectivity index (χ0n) is 13.6. The van der Waals surface area contributed by atoms with Crippen LogP contribution >= 0.6 is 12.4 Å². The van der Waals surface area contributed by atoms with Crippen LogP contribution in [0.25, 0.3) is 0 Å². The largest absolute Gasteiger partial charge is 0.494 e. The lowest BCUT2D eigenvalue weighted by Gasteiger charge is -2.13. The van der Waals surface area contributed by atoms with Crippen molar-refractivity contribution in [3.05, 3.63) is 65.7 Å². The standard InChI is InChI=1S/C19H23NO2.ClH/c1-3-22-18-11-9-17(10-12-18)19(21)14-20-15(2)13-16-7-5-4-6-8-16;/h4-12,15,20H,3,13-14H2,1-2H3;1H. The van der Waals surface area contributed by atoms with E-state index in [1.165, 1.54) is 5.56 Å². The maximum Gasteiger partial charge on any atom is 0.176 e. The summed E-state index contributed by atoms with van der Waals surface area (Å²) in [6.45, 7) is 5.02. The van der Waals surface area contributed by atoms with Gasteiger partial charge >= 0.3 is 0 Å². The highest BCUT2D eigenvalue weighted by molar-refractivity contribution is 5.97. The van der Waals surface area contributed by atoms with Crippen molar-refractivity contribution in [2.45, 2.75) is 26.3 Å². The van der Waals surface area contributed by atoms with E-state index in [1.54, 1.807) is 0 Å². The molecule has 0 radical (unpaired) electrons. The van der Waals surface area contributed by atoms with E-state index in [-0.39, 0.29) is 24.2 Å². The minimum Gasteiger partial charge on any atom is -0.494 e. The second kappa shape index (κ2) is 10.0. The topological polar surface area (TPSA) is 38.3 Å². The summed E-state index contributed by atoms with van der Waals surface area (Å²) in [5.41, 5.74) is 1.99. The van der Waals surface area contributed by atoms with Gasteiger partial charge in [0.1, 0.15) is 5.75 Å². The van der Waals surface area contributed by atoms with Crippen molar-refractivity contribution in [2.24, 2.45) is 0 Å². The fraction of sp³-hybridized carbons (Fsp3) is 0.316. The van der Waals surface area contributed by atoms with Gasteiger partial charge in [0.25, 0.3) is 0 Å². The molecule has 2 aromatic carbocycles. The number of ether oxygens (including phenoxy) is 1. The van der Waals surface area contributed by atoms with Crippen LogP contribution in [0.4, 0.5) is 0 Å². The number of halogens is 1. The van der Waals surface area contributed by atoms with Gasteiger partial charge in [-0.1, -0.05) is 30.3 Å². The summed E-state index contributed by atoms with van der Waals surface area (Å²) in [6, 6.07) is 17.9. The molecule has 124 valence electrons. The molecule has 0 aliphatic rings. The van der Waals surface area contributed by atoms with Crippen LogP contribution in [0.5, 0.6) is 5.75 Å². The Hall–Kier alpha value is -1.84. The molecule has 0 heterocycles. The van der Waals surface area contributed by atoms with E-state index < -0.39 is 0 Å². The first-order valence-corrected chi connectivity index (χ1v) is 7.72. The summed E-state index contributed by atoms with van der Waals surface area (Å²) in [7, 11) is 0. The van der Waals surface area contributed by atoms with Crippen LogP contribution in [0, 0.1) is 0 Å². The molecular formula is C19H24ClNO2. The Morgan fingerprint density at radius 1 is 1.09 bits per heavy atom. The highest BCUT2D eigenvalue weighted by Crippen LogP contribution is 2.12. The fourth-order valence-electron chi connectivity index (χ4n) is 2.31. The van der Waals surface area contributed by atoms with E-state index in [0.717, 1.165) is 12.2 Å². The summed E-state index contributed by atoms with van der Waals surface area (Å²) < 4.78 is 5.38. The van der Waals surface area contributed by atoms with Gasteiger partial charge in [-0.05, 0) is 50.1 Å². The third kappa shape index (κ3) is 6.43. The number of carbonyl (C=O) groups is 1. The van der Waals surface area contributed by atoms with Crippen molar-refractivity contribution in [1.82, 2.24) is 5.32 Å². The van der Waals surface area contributed by atoms with Crippen molar-refractivity contribution >= 4 is 18.2 Å². The van der Waals surface area contributed by atoms with Crippen LogP contribution < -0.4 is 10.1 Å². The van der Waals surface area contributed by atoms with Gasteiger partial charge in [-0.3, -0.25) is 4.79 Å². The van der Waals surface area contributed by atoms with E-state index >= 15 is 0 Å². The van der Waals surface area contributed by atoms with Crippen molar-refractivity contribution in [3.8, 4) is 5.75 Å². The molecule has 1 N–H and O–H groups in total. The Morgan fingerprint density at radius 2 is 1.74 bits per heavy atom. The van der Waals surface area contributed by atoms with Crippen LogP contribution in [-0.4, -0.2) is 25.0 Å². The van der Waals surface area contributed by atoms with Gasteiger partial charge in [0.05, 0.1) is 13.2 Å². The van der Waals surface area contributed by atoms with Gasteiger partial charge in [0.15, 0.2) is 5.78 Å². The molecule has 0 aliphatic heterocycles. The Kier molecular flexibility index (Phi) is 8.38. The van der Waals surface area contributed by atoms with Crippen LogP contribution in [0.1, 0.15) is 29.8 Å². The van der Waals surface area contributed by atoms with Crippen molar-refractivity contribution in [3.63, 3.8) is 0 Å². The van der Waals surface area contributed by atoms with E-state index in [4.69, 9.17) is 4.74 Å². The molecule has 0 amide bonds. The lowest BCUT2D eigenvalue weighted by molar-refractivity contribution is 0.0987. The first kappa shape index (κ1) is 19.2. The summed E-state index contributed by atoms with van der Waals surface area (Å²) in [6.07, 6.45) is 0.914. The molecule has 0 fully saturated rings. The first-order valence-electron chi connectivity index (χ1n) is 7.72. The van der Waals surface area contributed by atoms with Crippen molar-refractivity contribution in [2.75, 3.05) is 13.2 Å². The first-order chi connectivity index (χ1) is 10.7. The normalized spacial score (nSPS) is 11.4. The molecule has 1 atom stereocenters. The molecular weight excluding hydrogens is 310 g/mol. The minimum absolute atomic E-state index is 0. The lowest BCUT2D eigenvalue weighted by Crippen LogP contribution is -2.33. The Bertz CT molecular complexity index is 584. The molecule has 0 spiro atoms. The SMILES string of the molecule is CCOc1ccc(C(=O)CNC(C)Cc2ccccc2)cc1.Cl. The monoisotopic (exact) mass is 333 g/mol. The van der Waals surface area contributed by atoms with E-state index in [9.17, 15) is 4.79 Å². The lowest BCUT2D eigenvalue weighted by atomic mass is 10.1. The molecule has 1 unspecified atom stereocenters. The number of hydrogen-bond acceptors (Lipinski definition) is 3. The predicted octanol–water partition coefficient (Wildman–Crippen LogP) is 3.91. The van der Waals surface area contributed by atoms with Gasteiger partial charge in [0, 0.05) is 11.6 Å². The molecule has 2 rings (SSSR count). The number of benzene rings is 2. The van der Waals surface area contributed by atoms with Gasteiger partial charge in [0.2, 0.25) is 0 Å². The zero-order valence-corrected chi connectivity index (χ0v) is 14.4. The highest BCUT2D eigenvalue weighted by atomic mass is 35.5. The number of rotatable bonds is 8. The van der Waals surface area contributed by atoms with Crippen LogP contribution in [0.3, 0.4) is 0 Å². The highest BCUT2D eigenvalue weighted by Gasteiger charge is 2.09. The number of hydrogen-bond donors (Lipinski definition) is 1. The summed E-state index contributed by atoms with van der Waals surface area (Å²) in [5.74, 6) is 0.896. The summed E-state index contributed by atoms with van der Waals surface area (Å²) in [4.78, 5) is 12.2. The van der Waals surface area contributed by atoms with Gasteiger partial charge in [-0.15, -0.1) is 12.4 Å². The average molecular weight is 334 g/mol. The molecule has 0 aliphatic carbocycles. The zero-order chi connectivity index (χ0) is 15.8. The smallest absolute Gasteiger partial charge is 0.176 e. The van der Waals surface area contributed by atoms with Crippen LogP contribution in [0.2, 0.25) is 0 Å². The Balaban J connectivity index is 0.00000264.